The lowest BCUT2D eigenvalue weighted by Gasteiger charge is -2.12. The van der Waals surface area contributed by atoms with Gasteiger partial charge in [-0.25, -0.2) is 4.39 Å². The lowest BCUT2D eigenvalue weighted by atomic mass is 10.1. The third-order valence-electron chi connectivity index (χ3n) is 3.30. The molecule has 2 rings (SSSR count). The van der Waals surface area contributed by atoms with Gasteiger partial charge in [0, 0.05) is 24.0 Å². The van der Waals surface area contributed by atoms with Crippen molar-refractivity contribution >= 4 is 0 Å². The Morgan fingerprint density at radius 3 is 2.86 bits per heavy atom. The van der Waals surface area contributed by atoms with Gasteiger partial charge in [0.1, 0.15) is 5.82 Å². The van der Waals surface area contributed by atoms with Crippen LogP contribution >= 0.6 is 0 Å². The minimum Gasteiger partial charge on any atom is -0.346 e. The van der Waals surface area contributed by atoms with Crippen molar-refractivity contribution < 1.29 is 4.39 Å². The number of nitriles is 1. The Kier molecular flexibility index (Phi) is 5.13. The van der Waals surface area contributed by atoms with Crippen molar-refractivity contribution in [2.75, 3.05) is 6.54 Å². The fourth-order valence-corrected chi connectivity index (χ4v) is 2.20. The average Bonchev–Trinajstić information content (AvgIpc) is 2.88. The first kappa shape index (κ1) is 15.3. The number of nitrogens with one attached hydrogen (secondary N) is 1. The van der Waals surface area contributed by atoms with Gasteiger partial charge in [0.05, 0.1) is 18.2 Å². The number of benzene rings is 1. The van der Waals surface area contributed by atoms with Gasteiger partial charge in [0.25, 0.3) is 0 Å². The maximum atomic E-state index is 13.8. The number of hydrogen-bond donors (Lipinski definition) is 1. The molecule has 0 fully saturated rings. The molecule has 0 bridgehead atoms. The summed E-state index contributed by atoms with van der Waals surface area (Å²) < 4.78 is 15.9. The molecule has 1 heterocycles. The molecule has 1 N–H and O–H groups in total. The van der Waals surface area contributed by atoms with Crippen LogP contribution in [0.5, 0.6) is 0 Å². The van der Waals surface area contributed by atoms with E-state index in [9.17, 15) is 4.39 Å². The molecule has 0 unspecified atom stereocenters. The Labute approximate surface area is 125 Å². The van der Waals surface area contributed by atoms with Crippen molar-refractivity contribution in [1.82, 2.24) is 9.88 Å². The zero-order chi connectivity index (χ0) is 15.2. The van der Waals surface area contributed by atoms with Crippen LogP contribution in [0.4, 0.5) is 4.39 Å². The van der Waals surface area contributed by atoms with E-state index in [0.29, 0.717) is 23.6 Å². The van der Waals surface area contributed by atoms with E-state index in [0.717, 1.165) is 18.8 Å². The quantitative estimate of drug-likeness (QED) is 0.884. The molecule has 0 amide bonds. The smallest absolute Gasteiger partial charge is 0.128 e. The normalized spacial score (nSPS) is 10.8. The Hall–Kier alpha value is -2.12. The maximum Gasteiger partial charge on any atom is 0.128 e. The molecule has 0 saturated carbocycles. The lowest BCUT2D eigenvalue weighted by molar-refractivity contribution is 0.536. The van der Waals surface area contributed by atoms with Crippen molar-refractivity contribution in [1.29, 1.82) is 5.26 Å². The number of hydrogen-bond acceptors (Lipinski definition) is 2. The summed E-state index contributed by atoms with van der Waals surface area (Å²) in [7, 11) is 0. The second-order valence-corrected chi connectivity index (χ2v) is 5.57. The Morgan fingerprint density at radius 2 is 2.14 bits per heavy atom. The largest absolute Gasteiger partial charge is 0.346 e. The highest BCUT2D eigenvalue weighted by Gasteiger charge is 2.07. The molecule has 0 aliphatic carbocycles. The third-order valence-corrected chi connectivity index (χ3v) is 3.30. The fraction of sp³-hybridized carbons (Fsp3) is 0.353. The SMILES string of the molecule is CC(C)CNCc1cccn1Cc1cc(C#N)ccc1F. The van der Waals surface area contributed by atoms with E-state index in [1.54, 1.807) is 6.07 Å². The van der Waals surface area contributed by atoms with E-state index in [2.05, 4.69) is 19.2 Å². The highest BCUT2D eigenvalue weighted by atomic mass is 19.1. The summed E-state index contributed by atoms with van der Waals surface area (Å²) in [6.45, 7) is 6.46. The molecule has 0 aliphatic rings. The molecular formula is C17H20FN3. The van der Waals surface area contributed by atoms with Gasteiger partial charge in [0.2, 0.25) is 0 Å². The first-order valence-electron chi connectivity index (χ1n) is 7.13. The van der Waals surface area contributed by atoms with E-state index in [-0.39, 0.29) is 5.82 Å². The molecule has 21 heavy (non-hydrogen) atoms. The minimum atomic E-state index is -0.274. The number of halogens is 1. The van der Waals surface area contributed by atoms with Gasteiger partial charge in [0.15, 0.2) is 0 Å². The summed E-state index contributed by atoms with van der Waals surface area (Å²) in [5.74, 6) is 0.321. The summed E-state index contributed by atoms with van der Waals surface area (Å²) in [5.41, 5.74) is 2.13. The summed E-state index contributed by atoms with van der Waals surface area (Å²) in [4.78, 5) is 0. The van der Waals surface area contributed by atoms with Crippen molar-refractivity contribution in [3.05, 3.63) is 59.2 Å². The van der Waals surface area contributed by atoms with E-state index in [1.807, 2.05) is 29.0 Å². The molecule has 2 aromatic rings. The van der Waals surface area contributed by atoms with E-state index >= 15 is 0 Å². The number of aromatic nitrogens is 1. The monoisotopic (exact) mass is 285 g/mol. The van der Waals surface area contributed by atoms with Gasteiger partial charge in [-0.1, -0.05) is 13.8 Å². The topological polar surface area (TPSA) is 40.8 Å². The van der Waals surface area contributed by atoms with Gasteiger partial charge < -0.3 is 9.88 Å². The molecule has 0 atom stereocenters. The standard InChI is InChI=1S/C17H20FN3/c1-13(2)10-20-11-16-4-3-7-21(16)12-15-8-14(9-19)5-6-17(15)18/h3-8,13,20H,10-12H2,1-2H3. The Balaban J connectivity index is 2.10. The zero-order valence-corrected chi connectivity index (χ0v) is 12.4. The molecule has 0 aliphatic heterocycles. The van der Waals surface area contributed by atoms with E-state index in [4.69, 9.17) is 5.26 Å². The molecule has 3 nitrogen and oxygen atoms in total. The second kappa shape index (κ2) is 7.05. The van der Waals surface area contributed by atoms with Crippen LogP contribution in [-0.2, 0) is 13.1 Å². The Bertz CT molecular complexity index is 638. The predicted molar refractivity (Wildman–Crippen MR) is 81.2 cm³/mol. The van der Waals surface area contributed by atoms with Crippen molar-refractivity contribution in [2.45, 2.75) is 26.9 Å². The first-order chi connectivity index (χ1) is 10.1. The molecule has 1 aromatic carbocycles. The molecule has 4 heteroatoms. The predicted octanol–water partition coefficient (Wildman–Crippen LogP) is 3.29. The zero-order valence-electron chi connectivity index (χ0n) is 12.4. The molecule has 0 saturated heterocycles. The second-order valence-electron chi connectivity index (χ2n) is 5.57. The van der Waals surface area contributed by atoms with Crippen LogP contribution in [0, 0.1) is 23.1 Å². The summed E-state index contributed by atoms with van der Waals surface area (Å²) in [6.07, 6.45) is 1.94. The molecule has 1 aromatic heterocycles. The number of rotatable bonds is 6. The van der Waals surface area contributed by atoms with E-state index < -0.39 is 0 Å². The average molecular weight is 285 g/mol. The van der Waals surface area contributed by atoms with Gasteiger partial charge in [-0.2, -0.15) is 5.26 Å². The highest BCUT2D eigenvalue weighted by Crippen LogP contribution is 2.14. The van der Waals surface area contributed by atoms with Crippen LogP contribution in [0.1, 0.15) is 30.7 Å². The van der Waals surface area contributed by atoms with Gasteiger partial charge in [-0.05, 0) is 42.8 Å². The Morgan fingerprint density at radius 1 is 1.33 bits per heavy atom. The number of nitrogens with zero attached hydrogens (tertiary/aromatic N) is 2. The van der Waals surface area contributed by atoms with Gasteiger partial charge in [-0.15, -0.1) is 0 Å². The van der Waals surface area contributed by atoms with Crippen LogP contribution in [0.2, 0.25) is 0 Å². The third kappa shape index (κ3) is 4.17. The summed E-state index contributed by atoms with van der Waals surface area (Å²) in [6, 6.07) is 10.5. The van der Waals surface area contributed by atoms with Crippen LogP contribution in [0.3, 0.4) is 0 Å². The van der Waals surface area contributed by atoms with Crippen LogP contribution < -0.4 is 5.32 Å². The maximum absolute atomic E-state index is 13.8. The molecular weight excluding hydrogens is 265 g/mol. The first-order valence-corrected chi connectivity index (χ1v) is 7.13. The van der Waals surface area contributed by atoms with Crippen LogP contribution in [0.25, 0.3) is 0 Å². The summed E-state index contributed by atoms with van der Waals surface area (Å²) >= 11 is 0. The highest BCUT2D eigenvalue weighted by molar-refractivity contribution is 5.34. The molecule has 0 radical (unpaired) electrons. The van der Waals surface area contributed by atoms with Crippen molar-refractivity contribution in [2.24, 2.45) is 5.92 Å². The lowest BCUT2D eigenvalue weighted by Crippen LogP contribution is -2.21. The molecule has 0 spiro atoms. The van der Waals surface area contributed by atoms with Crippen molar-refractivity contribution in [3.8, 4) is 6.07 Å². The van der Waals surface area contributed by atoms with Gasteiger partial charge in [-0.3, -0.25) is 0 Å². The van der Waals surface area contributed by atoms with Crippen molar-refractivity contribution in [3.63, 3.8) is 0 Å². The van der Waals surface area contributed by atoms with Gasteiger partial charge >= 0.3 is 0 Å². The summed E-state index contributed by atoms with van der Waals surface area (Å²) in [5, 5.41) is 12.3. The minimum absolute atomic E-state index is 0.274. The van der Waals surface area contributed by atoms with Crippen LogP contribution in [0.15, 0.2) is 36.5 Å². The molecule has 110 valence electrons. The fourth-order valence-electron chi connectivity index (χ4n) is 2.20. The van der Waals surface area contributed by atoms with Crippen LogP contribution in [-0.4, -0.2) is 11.1 Å². The van der Waals surface area contributed by atoms with E-state index in [1.165, 1.54) is 12.1 Å².